The molecule has 0 saturated heterocycles. The average molecular weight is 473 g/mol. The molecule has 0 amide bonds. The number of rotatable bonds is 8. The molecule has 6 heteroatoms. The highest BCUT2D eigenvalue weighted by Crippen LogP contribution is 2.25. The smallest absolute Gasteiger partial charge is 0.181 e. The van der Waals surface area contributed by atoms with Gasteiger partial charge in [-0.25, -0.2) is 16.8 Å². The van der Waals surface area contributed by atoms with Gasteiger partial charge in [0.05, 0.1) is 20.3 Å². The molecule has 1 aliphatic carbocycles. The molecule has 0 saturated carbocycles. The maximum absolute atomic E-state index is 12.3. The molecule has 4 nitrogen and oxygen atoms in total. The Balaban J connectivity index is 0.000000228. The molecule has 0 aliphatic heterocycles. The lowest BCUT2D eigenvalue weighted by Crippen LogP contribution is -2.20. The fourth-order valence-electron chi connectivity index (χ4n) is 3.41. The second-order valence-corrected chi connectivity index (χ2v) is 12.4. The predicted molar refractivity (Wildman–Crippen MR) is 132 cm³/mol. The van der Waals surface area contributed by atoms with E-state index >= 15 is 0 Å². The van der Waals surface area contributed by atoms with E-state index in [1.807, 2.05) is 50.3 Å². The number of sulfone groups is 2. The molecule has 0 radical (unpaired) electrons. The van der Waals surface area contributed by atoms with Crippen LogP contribution in [0, 0.1) is 13.8 Å². The summed E-state index contributed by atoms with van der Waals surface area (Å²) >= 11 is 0. The lowest BCUT2D eigenvalue weighted by Gasteiger charge is -2.14. The van der Waals surface area contributed by atoms with Gasteiger partial charge in [-0.15, -0.1) is 13.2 Å². The van der Waals surface area contributed by atoms with Crippen molar-refractivity contribution >= 4 is 19.7 Å². The highest BCUT2D eigenvalue weighted by molar-refractivity contribution is 7.92. The Morgan fingerprint density at radius 2 is 1.19 bits per heavy atom. The first kappa shape index (κ1) is 25.8. The average Bonchev–Trinajstić information content (AvgIpc) is 3.31. The zero-order chi connectivity index (χ0) is 23.8. The summed E-state index contributed by atoms with van der Waals surface area (Å²) < 4.78 is 48.9. The third kappa shape index (κ3) is 6.53. The van der Waals surface area contributed by atoms with E-state index < -0.39 is 24.9 Å². The minimum Gasteiger partial charge on any atom is -0.223 e. The molecular weight excluding hydrogens is 440 g/mol. The van der Waals surface area contributed by atoms with Crippen molar-refractivity contribution in [2.75, 3.05) is 0 Å². The molecular formula is C26H32O4S2. The number of hydrogen-bond donors (Lipinski definition) is 0. The van der Waals surface area contributed by atoms with Crippen LogP contribution >= 0.6 is 0 Å². The number of hydrogen-bond acceptors (Lipinski definition) is 4. The Hall–Kier alpha value is -2.44. The molecule has 0 aromatic heterocycles. The van der Waals surface area contributed by atoms with Gasteiger partial charge in [0.25, 0.3) is 0 Å². The molecule has 172 valence electrons. The Morgan fingerprint density at radius 3 is 1.59 bits per heavy atom. The van der Waals surface area contributed by atoms with E-state index in [0.29, 0.717) is 35.5 Å². The highest BCUT2D eigenvalue weighted by Gasteiger charge is 2.27. The van der Waals surface area contributed by atoms with Crippen LogP contribution in [0.25, 0.3) is 0 Å². The van der Waals surface area contributed by atoms with Gasteiger partial charge in [-0.2, -0.15) is 0 Å². The molecule has 3 rings (SSSR count). The van der Waals surface area contributed by atoms with Crippen molar-refractivity contribution < 1.29 is 16.8 Å². The van der Waals surface area contributed by atoms with Crippen molar-refractivity contribution in [3.05, 3.63) is 97.1 Å². The molecule has 32 heavy (non-hydrogen) atoms. The lowest BCUT2D eigenvalue weighted by molar-refractivity contribution is 0.578. The van der Waals surface area contributed by atoms with Crippen LogP contribution in [-0.2, 0) is 19.7 Å². The minimum absolute atomic E-state index is 0.250. The van der Waals surface area contributed by atoms with E-state index in [1.165, 1.54) is 0 Å². The second-order valence-electron chi connectivity index (χ2n) is 7.95. The Labute approximate surface area is 193 Å². The van der Waals surface area contributed by atoms with Gasteiger partial charge in [0.1, 0.15) is 0 Å². The quantitative estimate of drug-likeness (QED) is 0.457. The molecule has 1 aliphatic rings. The largest absolute Gasteiger partial charge is 0.223 e. The zero-order valence-electron chi connectivity index (χ0n) is 18.8. The van der Waals surface area contributed by atoms with Crippen molar-refractivity contribution in [3.8, 4) is 0 Å². The van der Waals surface area contributed by atoms with Crippen molar-refractivity contribution in [1.82, 2.24) is 0 Å². The first-order valence-corrected chi connectivity index (χ1v) is 13.7. The first-order chi connectivity index (χ1) is 15.1. The van der Waals surface area contributed by atoms with Gasteiger partial charge in [0.2, 0.25) is 0 Å². The fraction of sp³-hybridized carbons (Fsp3) is 0.308. The summed E-state index contributed by atoms with van der Waals surface area (Å²) in [5.41, 5.74) is 2.13. The van der Waals surface area contributed by atoms with Gasteiger partial charge in [-0.3, -0.25) is 0 Å². The van der Waals surface area contributed by atoms with Crippen LogP contribution in [0.5, 0.6) is 0 Å². The van der Waals surface area contributed by atoms with E-state index in [1.54, 1.807) is 36.4 Å². The van der Waals surface area contributed by atoms with Crippen molar-refractivity contribution in [3.63, 3.8) is 0 Å². The maximum atomic E-state index is 12.3. The highest BCUT2D eigenvalue weighted by atomic mass is 32.2. The Kier molecular flexibility index (Phi) is 9.22. The van der Waals surface area contributed by atoms with Gasteiger partial charge in [0.15, 0.2) is 19.7 Å². The summed E-state index contributed by atoms with van der Waals surface area (Å²) in [6, 6.07) is 14.0. The Morgan fingerprint density at radius 1 is 0.781 bits per heavy atom. The molecule has 0 atom stereocenters. The lowest BCUT2D eigenvalue weighted by atomic mass is 10.2. The topological polar surface area (TPSA) is 68.3 Å². The van der Waals surface area contributed by atoms with Gasteiger partial charge in [-0.05, 0) is 63.8 Å². The van der Waals surface area contributed by atoms with Crippen LogP contribution in [0.1, 0.15) is 36.8 Å². The molecule has 0 unspecified atom stereocenters. The van der Waals surface area contributed by atoms with Crippen molar-refractivity contribution in [2.45, 2.75) is 59.8 Å². The van der Waals surface area contributed by atoms with Gasteiger partial charge in [-0.1, -0.05) is 59.7 Å². The molecule has 0 fully saturated rings. The standard InChI is InChI=1S/C14H18O2S.C12H14O2S/c1-4-6-13(7-5-2)17(15,16)14-10-8-12(3)9-11-14;1-10-6-8-12(9-7-10)15(13,14)11-4-2-3-5-11/h4-5,8-11,13H,1-2,6-7H2,3H3;2-3,6-9,11H,4-5H2,1H3. The molecule has 0 bridgehead atoms. The second kappa shape index (κ2) is 11.4. The molecule has 2 aromatic carbocycles. The summed E-state index contributed by atoms with van der Waals surface area (Å²) in [5, 5.41) is -0.708. The van der Waals surface area contributed by atoms with E-state index in [4.69, 9.17) is 0 Å². The van der Waals surface area contributed by atoms with Crippen LogP contribution in [0.2, 0.25) is 0 Å². The minimum atomic E-state index is -3.28. The van der Waals surface area contributed by atoms with Crippen molar-refractivity contribution in [1.29, 1.82) is 0 Å². The molecule has 0 heterocycles. The van der Waals surface area contributed by atoms with Gasteiger partial charge >= 0.3 is 0 Å². The summed E-state index contributed by atoms with van der Waals surface area (Å²) in [6.45, 7) is 11.1. The summed E-state index contributed by atoms with van der Waals surface area (Å²) in [7, 11) is -6.40. The van der Waals surface area contributed by atoms with Crippen LogP contribution < -0.4 is 0 Å². The van der Waals surface area contributed by atoms with E-state index in [2.05, 4.69) is 13.2 Å². The molecule has 0 N–H and O–H groups in total. The van der Waals surface area contributed by atoms with Crippen LogP contribution in [-0.4, -0.2) is 27.3 Å². The van der Waals surface area contributed by atoms with Gasteiger partial charge < -0.3 is 0 Å². The number of benzene rings is 2. The number of allylic oxidation sites excluding steroid dienone is 4. The third-order valence-electron chi connectivity index (χ3n) is 5.40. The molecule has 0 spiro atoms. The first-order valence-electron chi connectivity index (χ1n) is 10.6. The van der Waals surface area contributed by atoms with E-state index in [-0.39, 0.29) is 5.25 Å². The monoisotopic (exact) mass is 472 g/mol. The van der Waals surface area contributed by atoms with Crippen LogP contribution in [0.3, 0.4) is 0 Å². The van der Waals surface area contributed by atoms with E-state index in [0.717, 1.165) is 11.1 Å². The summed E-state index contributed by atoms with van der Waals surface area (Å²) in [5.74, 6) is 0. The zero-order valence-corrected chi connectivity index (χ0v) is 20.4. The van der Waals surface area contributed by atoms with Crippen LogP contribution in [0.15, 0.2) is 95.8 Å². The molecule has 2 aromatic rings. The summed E-state index contributed by atoms with van der Waals surface area (Å²) in [6.07, 6.45) is 9.35. The Bertz CT molecular complexity index is 1120. The van der Waals surface area contributed by atoms with Gasteiger partial charge in [0, 0.05) is 0 Å². The summed E-state index contributed by atoms with van der Waals surface area (Å²) in [4.78, 5) is 0.818. The van der Waals surface area contributed by atoms with Crippen LogP contribution in [0.4, 0.5) is 0 Å². The predicted octanol–water partition coefficient (Wildman–Crippen LogP) is 5.78. The number of aryl methyl sites for hydroxylation is 2. The van der Waals surface area contributed by atoms with Crippen molar-refractivity contribution in [2.24, 2.45) is 0 Å². The maximum Gasteiger partial charge on any atom is 0.181 e. The third-order valence-corrected chi connectivity index (χ3v) is 9.78. The fourth-order valence-corrected chi connectivity index (χ4v) is 6.72. The SMILES string of the molecule is C=CCC(CC=C)S(=O)(=O)c1ccc(C)cc1.Cc1ccc(S(=O)(=O)C2CC=CC2)cc1. The normalized spacial score (nSPS) is 14.1. The van der Waals surface area contributed by atoms with E-state index in [9.17, 15) is 16.8 Å².